The second-order valence-electron chi connectivity index (χ2n) is 6.81. The van der Waals surface area contributed by atoms with E-state index in [0.717, 1.165) is 5.75 Å². The van der Waals surface area contributed by atoms with Crippen LogP contribution in [-0.4, -0.2) is 26.4 Å². The van der Waals surface area contributed by atoms with Gasteiger partial charge in [-0.2, -0.15) is 0 Å². The molecular formula is C21H23FN4O2S. The molecule has 1 N–H and O–H groups in total. The van der Waals surface area contributed by atoms with E-state index in [2.05, 4.69) is 41.5 Å². The van der Waals surface area contributed by atoms with Gasteiger partial charge in [0.1, 0.15) is 18.2 Å². The Morgan fingerprint density at radius 3 is 2.48 bits per heavy atom. The van der Waals surface area contributed by atoms with Gasteiger partial charge in [0.05, 0.1) is 5.75 Å². The summed E-state index contributed by atoms with van der Waals surface area (Å²) in [5, 5.41) is 11.6. The first kappa shape index (κ1) is 20.9. The predicted octanol–water partition coefficient (Wildman–Crippen LogP) is 4.39. The van der Waals surface area contributed by atoms with Gasteiger partial charge < -0.3 is 14.6 Å². The van der Waals surface area contributed by atoms with E-state index in [9.17, 15) is 9.18 Å². The monoisotopic (exact) mass is 414 g/mol. The molecule has 8 heteroatoms. The number of amides is 1. The zero-order valence-corrected chi connectivity index (χ0v) is 17.4. The number of aromatic nitrogens is 3. The molecule has 0 saturated carbocycles. The fourth-order valence-electron chi connectivity index (χ4n) is 2.55. The quantitative estimate of drug-likeness (QED) is 0.554. The highest BCUT2D eigenvalue weighted by Crippen LogP contribution is 2.20. The Kier molecular flexibility index (Phi) is 6.87. The number of carbonyl (C=O) groups is 1. The maximum atomic E-state index is 12.9. The molecule has 3 aromatic rings. The summed E-state index contributed by atoms with van der Waals surface area (Å²) in [5.41, 5.74) is 1.81. The van der Waals surface area contributed by atoms with Crippen molar-refractivity contribution in [1.29, 1.82) is 0 Å². The number of halogens is 1. The topological polar surface area (TPSA) is 69.0 Å². The lowest BCUT2D eigenvalue weighted by Crippen LogP contribution is -2.14. The van der Waals surface area contributed by atoms with Crippen molar-refractivity contribution in [3.63, 3.8) is 0 Å². The van der Waals surface area contributed by atoms with Gasteiger partial charge >= 0.3 is 0 Å². The molecule has 3 rings (SSSR count). The second kappa shape index (κ2) is 9.56. The smallest absolute Gasteiger partial charge is 0.234 e. The van der Waals surface area contributed by atoms with Crippen LogP contribution in [0.15, 0.2) is 53.7 Å². The number of carbonyl (C=O) groups excluding carboxylic acids is 1. The molecule has 6 nitrogen and oxygen atoms in total. The van der Waals surface area contributed by atoms with E-state index < -0.39 is 0 Å². The summed E-state index contributed by atoms with van der Waals surface area (Å²) in [6.07, 6.45) is 0. The molecule has 2 aromatic carbocycles. The Morgan fingerprint density at radius 1 is 1.14 bits per heavy atom. The van der Waals surface area contributed by atoms with E-state index in [1.54, 1.807) is 4.57 Å². The van der Waals surface area contributed by atoms with Crippen LogP contribution in [0.25, 0.3) is 0 Å². The number of hydrogen-bond donors (Lipinski definition) is 1. The highest BCUT2D eigenvalue weighted by Gasteiger charge is 2.12. The molecule has 0 fully saturated rings. The van der Waals surface area contributed by atoms with Gasteiger partial charge in [-0.15, -0.1) is 10.2 Å². The van der Waals surface area contributed by atoms with E-state index in [0.29, 0.717) is 22.6 Å². The highest BCUT2D eigenvalue weighted by atomic mass is 32.2. The van der Waals surface area contributed by atoms with Crippen molar-refractivity contribution >= 4 is 23.4 Å². The third kappa shape index (κ3) is 5.80. The standard InChI is InChI=1S/C21H23FN4O2S/c1-14(2)15-4-10-18(11-5-15)28-12-19-24-25-21(26(19)3)29-13-20(27)23-17-8-6-16(22)7-9-17/h4-11,14H,12-13H2,1-3H3,(H,23,27). The second-order valence-corrected chi connectivity index (χ2v) is 7.76. The summed E-state index contributed by atoms with van der Waals surface area (Å²) < 4.78 is 20.5. The van der Waals surface area contributed by atoms with Crippen LogP contribution in [0.4, 0.5) is 10.1 Å². The molecule has 1 aromatic heterocycles. The van der Waals surface area contributed by atoms with Gasteiger partial charge in [-0.3, -0.25) is 4.79 Å². The van der Waals surface area contributed by atoms with Crippen molar-refractivity contribution in [1.82, 2.24) is 14.8 Å². The molecule has 1 amide bonds. The van der Waals surface area contributed by atoms with Gasteiger partial charge in [-0.1, -0.05) is 37.7 Å². The Labute approximate surface area is 173 Å². The summed E-state index contributed by atoms with van der Waals surface area (Å²) in [7, 11) is 1.83. The Balaban J connectivity index is 1.50. The first-order valence-corrected chi connectivity index (χ1v) is 10.2. The first-order valence-electron chi connectivity index (χ1n) is 9.21. The van der Waals surface area contributed by atoms with Crippen LogP contribution in [0.3, 0.4) is 0 Å². The summed E-state index contributed by atoms with van der Waals surface area (Å²) in [4.78, 5) is 12.1. The number of rotatable bonds is 8. The van der Waals surface area contributed by atoms with E-state index in [1.807, 2.05) is 19.2 Å². The summed E-state index contributed by atoms with van der Waals surface area (Å²) in [6, 6.07) is 13.6. The van der Waals surface area contributed by atoms with Crippen LogP contribution in [0.5, 0.6) is 5.75 Å². The molecule has 0 bridgehead atoms. The third-order valence-corrected chi connectivity index (χ3v) is 5.32. The van der Waals surface area contributed by atoms with Crippen molar-refractivity contribution in [2.24, 2.45) is 7.05 Å². The van der Waals surface area contributed by atoms with Crippen molar-refractivity contribution in [2.45, 2.75) is 31.5 Å². The molecule has 0 unspecified atom stereocenters. The molecule has 0 aliphatic carbocycles. The highest BCUT2D eigenvalue weighted by molar-refractivity contribution is 7.99. The van der Waals surface area contributed by atoms with Gasteiger partial charge in [0.25, 0.3) is 0 Å². The molecule has 0 saturated heterocycles. The average Bonchev–Trinajstić information content (AvgIpc) is 3.06. The van der Waals surface area contributed by atoms with Crippen LogP contribution in [0.2, 0.25) is 0 Å². The van der Waals surface area contributed by atoms with E-state index in [-0.39, 0.29) is 24.1 Å². The van der Waals surface area contributed by atoms with E-state index >= 15 is 0 Å². The molecule has 152 valence electrons. The van der Waals surface area contributed by atoms with Crippen LogP contribution in [0.1, 0.15) is 31.2 Å². The summed E-state index contributed by atoms with van der Waals surface area (Å²) >= 11 is 1.27. The number of nitrogens with one attached hydrogen (secondary N) is 1. The fourth-order valence-corrected chi connectivity index (χ4v) is 3.28. The van der Waals surface area contributed by atoms with Crippen molar-refractivity contribution in [2.75, 3.05) is 11.1 Å². The van der Waals surface area contributed by atoms with Crippen molar-refractivity contribution < 1.29 is 13.9 Å². The molecule has 0 aliphatic heterocycles. The molecule has 0 aliphatic rings. The Hall–Kier alpha value is -2.87. The van der Waals surface area contributed by atoms with E-state index in [1.165, 1.54) is 41.6 Å². The van der Waals surface area contributed by atoms with Gasteiger partial charge in [-0.05, 0) is 47.9 Å². The molecule has 0 spiro atoms. The van der Waals surface area contributed by atoms with Gasteiger partial charge in [0, 0.05) is 12.7 Å². The van der Waals surface area contributed by atoms with Crippen molar-refractivity contribution in [3.8, 4) is 5.75 Å². The lowest BCUT2D eigenvalue weighted by atomic mass is 10.0. The van der Waals surface area contributed by atoms with Crippen molar-refractivity contribution in [3.05, 3.63) is 65.7 Å². The number of nitrogens with zero attached hydrogens (tertiary/aromatic N) is 3. The lowest BCUT2D eigenvalue weighted by molar-refractivity contribution is -0.113. The maximum absolute atomic E-state index is 12.9. The zero-order chi connectivity index (χ0) is 20.8. The van der Waals surface area contributed by atoms with Crippen LogP contribution in [-0.2, 0) is 18.4 Å². The minimum atomic E-state index is -0.345. The van der Waals surface area contributed by atoms with E-state index in [4.69, 9.17) is 4.74 Å². The molecular weight excluding hydrogens is 391 g/mol. The zero-order valence-electron chi connectivity index (χ0n) is 16.6. The number of ether oxygens (including phenoxy) is 1. The summed E-state index contributed by atoms with van der Waals surface area (Å²) in [5.74, 6) is 1.53. The largest absolute Gasteiger partial charge is 0.486 e. The molecule has 0 radical (unpaired) electrons. The molecule has 0 atom stereocenters. The Morgan fingerprint density at radius 2 is 1.83 bits per heavy atom. The number of hydrogen-bond acceptors (Lipinski definition) is 5. The number of benzene rings is 2. The molecule has 1 heterocycles. The normalized spacial score (nSPS) is 10.9. The lowest BCUT2D eigenvalue weighted by Gasteiger charge is -2.09. The van der Waals surface area contributed by atoms with Crippen LogP contribution >= 0.6 is 11.8 Å². The van der Waals surface area contributed by atoms with Gasteiger partial charge in [0.15, 0.2) is 11.0 Å². The molecule has 29 heavy (non-hydrogen) atoms. The Bertz CT molecular complexity index is 956. The number of thioether (sulfide) groups is 1. The predicted molar refractivity (Wildman–Crippen MR) is 112 cm³/mol. The first-order chi connectivity index (χ1) is 13.9. The minimum Gasteiger partial charge on any atom is -0.486 e. The van der Waals surface area contributed by atoms with Gasteiger partial charge in [-0.25, -0.2) is 4.39 Å². The van der Waals surface area contributed by atoms with Crippen LogP contribution < -0.4 is 10.1 Å². The average molecular weight is 415 g/mol. The SMILES string of the molecule is CC(C)c1ccc(OCc2nnc(SCC(=O)Nc3ccc(F)cc3)n2C)cc1. The maximum Gasteiger partial charge on any atom is 0.234 e. The third-order valence-electron chi connectivity index (χ3n) is 4.30. The van der Waals surface area contributed by atoms with Gasteiger partial charge in [0.2, 0.25) is 5.91 Å². The minimum absolute atomic E-state index is 0.168. The fraction of sp³-hybridized carbons (Fsp3) is 0.286. The number of anilines is 1. The summed E-state index contributed by atoms with van der Waals surface area (Å²) in [6.45, 7) is 4.58. The van der Waals surface area contributed by atoms with Crippen LogP contribution in [0, 0.1) is 5.82 Å².